The fraction of sp³-hybridized carbons (Fsp3) is 0.429. The molecule has 0 amide bonds. The molecule has 0 aliphatic heterocycles. The van der Waals surface area contributed by atoms with Gasteiger partial charge in [0.05, 0.1) is 16.6 Å². The molecule has 3 rings (SSSR count). The number of carboxylic acids is 1. The minimum atomic E-state index is -0.888. The van der Waals surface area contributed by atoms with Crippen LogP contribution in [0.2, 0.25) is 0 Å². The van der Waals surface area contributed by atoms with Gasteiger partial charge < -0.3 is 9.67 Å². The van der Waals surface area contributed by atoms with Gasteiger partial charge in [-0.15, -0.1) is 0 Å². The van der Waals surface area contributed by atoms with E-state index in [0.29, 0.717) is 11.5 Å². The Kier molecular flexibility index (Phi) is 2.58. The van der Waals surface area contributed by atoms with Crippen LogP contribution < -0.4 is 0 Å². The molecule has 1 aliphatic carbocycles. The molecule has 1 aromatic heterocycles. The second-order valence-electron chi connectivity index (χ2n) is 5.02. The van der Waals surface area contributed by atoms with Gasteiger partial charge in [-0.3, -0.25) is 0 Å². The number of aromatic nitrogens is 2. The minimum Gasteiger partial charge on any atom is -0.478 e. The lowest BCUT2D eigenvalue weighted by molar-refractivity contribution is 0.0697. The number of benzene rings is 1. The zero-order chi connectivity index (χ0) is 12.7. The van der Waals surface area contributed by atoms with Crippen molar-refractivity contribution in [1.82, 2.24) is 9.55 Å². The van der Waals surface area contributed by atoms with E-state index in [1.54, 1.807) is 18.2 Å². The van der Waals surface area contributed by atoms with Gasteiger partial charge in [-0.1, -0.05) is 12.8 Å². The number of fused-ring (bicyclic) bond motifs is 1. The Morgan fingerprint density at radius 2 is 2.11 bits per heavy atom. The molecule has 2 aromatic rings. The molecular formula is C14H16N2O2. The summed E-state index contributed by atoms with van der Waals surface area (Å²) in [7, 11) is 1.98. The first kappa shape index (κ1) is 11.3. The van der Waals surface area contributed by atoms with Crippen LogP contribution in [0.25, 0.3) is 11.0 Å². The van der Waals surface area contributed by atoms with E-state index in [-0.39, 0.29) is 0 Å². The van der Waals surface area contributed by atoms with E-state index in [9.17, 15) is 4.79 Å². The predicted molar refractivity (Wildman–Crippen MR) is 68.9 cm³/mol. The molecule has 94 valence electrons. The van der Waals surface area contributed by atoms with Crippen molar-refractivity contribution in [1.29, 1.82) is 0 Å². The monoisotopic (exact) mass is 244 g/mol. The standard InChI is InChI=1S/C14H16N2O2/c1-16-12-8-10(14(17)18)6-7-11(12)15-13(16)9-4-2-3-5-9/h6-9H,2-5H2,1H3,(H,17,18). The van der Waals surface area contributed by atoms with Crippen molar-refractivity contribution < 1.29 is 9.90 Å². The first-order valence-corrected chi connectivity index (χ1v) is 6.36. The Bertz CT molecular complexity index is 610. The van der Waals surface area contributed by atoms with Crippen LogP contribution in [0.4, 0.5) is 0 Å². The van der Waals surface area contributed by atoms with E-state index in [1.165, 1.54) is 25.7 Å². The molecule has 0 spiro atoms. The van der Waals surface area contributed by atoms with Gasteiger partial charge in [0.15, 0.2) is 0 Å². The third kappa shape index (κ3) is 1.68. The maximum Gasteiger partial charge on any atom is 0.335 e. The van der Waals surface area contributed by atoms with Crippen LogP contribution in [-0.2, 0) is 7.05 Å². The Hall–Kier alpha value is -1.84. The number of carboxylic acid groups (broad SMARTS) is 1. The lowest BCUT2D eigenvalue weighted by atomic mass is 10.1. The maximum atomic E-state index is 11.0. The predicted octanol–water partition coefficient (Wildman–Crippen LogP) is 2.93. The van der Waals surface area contributed by atoms with Gasteiger partial charge in [0, 0.05) is 13.0 Å². The molecule has 0 saturated heterocycles. The minimum absolute atomic E-state index is 0.323. The van der Waals surface area contributed by atoms with Gasteiger partial charge in [0.2, 0.25) is 0 Å². The van der Waals surface area contributed by atoms with Crippen molar-refractivity contribution in [2.45, 2.75) is 31.6 Å². The van der Waals surface area contributed by atoms with E-state index in [0.717, 1.165) is 16.9 Å². The van der Waals surface area contributed by atoms with Crippen molar-refractivity contribution in [2.24, 2.45) is 7.05 Å². The molecule has 0 bridgehead atoms. The summed E-state index contributed by atoms with van der Waals surface area (Å²) in [5.74, 6) is 0.751. The normalized spacial score (nSPS) is 16.5. The van der Waals surface area contributed by atoms with E-state index in [4.69, 9.17) is 5.11 Å². The van der Waals surface area contributed by atoms with E-state index < -0.39 is 5.97 Å². The molecule has 0 atom stereocenters. The number of aryl methyl sites for hydroxylation is 1. The van der Waals surface area contributed by atoms with Crippen LogP contribution in [0.1, 0.15) is 47.8 Å². The van der Waals surface area contributed by atoms with Crippen LogP contribution in [0, 0.1) is 0 Å². The van der Waals surface area contributed by atoms with Crippen LogP contribution in [0.3, 0.4) is 0 Å². The highest BCUT2D eigenvalue weighted by molar-refractivity contribution is 5.92. The van der Waals surface area contributed by atoms with Crippen molar-refractivity contribution in [3.63, 3.8) is 0 Å². The molecule has 0 radical (unpaired) electrons. The molecule has 1 aromatic carbocycles. The van der Waals surface area contributed by atoms with Crippen molar-refractivity contribution in [2.75, 3.05) is 0 Å². The Morgan fingerprint density at radius 3 is 2.78 bits per heavy atom. The number of hydrogen-bond acceptors (Lipinski definition) is 2. The van der Waals surface area contributed by atoms with E-state index >= 15 is 0 Å². The summed E-state index contributed by atoms with van der Waals surface area (Å²) in [6.45, 7) is 0. The van der Waals surface area contributed by atoms with E-state index in [2.05, 4.69) is 9.55 Å². The highest BCUT2D eigenvalue weighted by atomic mass is 16.4. The topological polar surface area (TPSA) is 55.1 Å². The van der Waals surface area contributed by atoms with Crippen molar-refractivity contribution in [3.05, 3.63) is 29.6 Å². The third-order valence-electron chi connectivity index (χ3n) is 3.88. The Morgan fingerprint density at radius 1 is 1.39 bits per heavy atom. The first-order valence-electron chi connectivity index (χ1n) is 6.36. The summed E-state index contributed by atoms with van der Waals surface area (Å²) in [4.78, 5) is 15.7. The Balaban J connectivity index is 2.12. The first-order chi connectivity index (χ1) is 8.66. The van der Waals surface area contributed by atoms with Crippen LogP contribution in [-0.4, -0.2) is 20.6 Å². The molecule has 1 heterocycles. The van der Waals surface area contributed by atoms with Crippen LogP contribution in [0.5, 0.6) is 0 Å². The summed E-state index contributed by atoms with van der Waals surface area (Å²) in [5, 5.41) is 9.02. The van der Waals surface area contributed by atoms with Gasteiger partial charge in [0.1, 0.15) is 5.82 Å². The van der Waals surface area contributed by atoms with Gasteiger partial charge in [0.25, 0.3) is 0 Å². The molecule has 0 unspecified atom stereocenters. The van der Waals surface area contributed by atoms with Gasteiger partial charge in [-0.2, -0.15) is 0 Å². The number of hydrogen-bond donors (Lipinski definition) is 1. The van der Waals surface area contributed by atoms with E-state index in [1.807, 2.05) is 7.05 Å². The molecule has 1 aliphatic rings. The SMILES string of the molecule is Cn1c(C2CCCC2)nc2ccc(C(=O)O)cc21. The largest absolute Gasteiger partial charge is 0.478 e. The van der Waals surface area contributed by atoms with Crippen LogP contribution >= 0.6 is 0 Å². The molecular weight excluding hydrogens is 228 g/mol. The Labute approximate surface area is 105 Å². The molecule has 18 heavy (non-hydrogen) atoms. The second kappa shape index (κ2) is 4.12. The summed E-state index contributed by atoms with van der Waals surface area (Å²) in [6.07, 6.45) is 4.94. The average Bonchev–Trinajstić information content (AvgIpc) is 2.97. The number of imidazole rings is 1. The highest BCUT2D eigenvalue weighted by Gasteiger charge is 2.22. The quantitative estimate of drug-likeness (QED) is 0.883. The lowest BCUT2D eigenvalue weighted by Crippen LogP contribution is -2.02. The molecule has 4 nitrogen and oxygen atoms in total. The molecule has 1 saturated carbocycles. The zero-order valence-corrected chi connectivity index (χ0v) is 10.4. The second-order valence-corrected chi connectivity index (χ2v) is 5.02. The average molecular weight is 244 g/mol. The third-order valence-corrected chi connectivity index (χ3v) is 3.88. The van der Waals surface area contributed by atoms with Crippen molar-refractivity contribution in [3.8, 4) is 0 Å². The summed E-state index contributed by atoms with van der Waals surface area (Å²) in [6, 6.07) is 5.14. The number of rotatable bonds is 2. The lowest BCUT2D eigenvalue weighted by Gasteiger charge is -2.08. The molecule has 1 N–H and O–H groups in total. The maximum absolute atomic E-state index is 11.0. The van der Waals surface area contributed by atoms with Gasteiger partial charge >= 0.3 is 5.97 Å². The molecule has 1 fully saturated rings. The zero-order valence-electron chi connectivity index (χ0n) is 10.4. The fourth-order valence-electron chi connectivity index (χ4n) is 2.89. The van der Waals surface area contributed by atoms with Crippen molar-refractivity contribution >= 4 is 17.0 Å². The fourth-order valence-corrected chi connectivity index (χ4v) is 2.89. The van der Waals surface area contributed by atoms with Crippen LogP contribution in [0.15, 0.2) is 18.2 Å². The van der Waals surface area contributed by atoms with Gasteiger partial charge in [-0.25, -0.2) is 9.78 Å². The number of carbonyl (C=O) groups is 1. The number of nitrogens with zero attached hydrogens (tertiary/aromatic N) is 2. The summed E-state index contributed by atoms with van der Waals surface area (Å²) >= 11 is 0. The molecule has 4 heteroatoms. The number of aromatic carboxylic acids is 1. The smallest absolute Gasteiger partial charge is 0.335 e. The van der Waals surface area contributed by atoms with Gasteiger partial charge in [-0.05, 0) is 31.0 Å². The highest BCUT2D eigenvalue weighted by Crippen LogP contribution is 2.34. The summed E-state index contributed by atoms with van der Waals surface area (Å²) < 4.78 is 2.05. The summed E-state index contributed by atoms with van der Waals surface area (Å²) in [5.41, 5.74) is 2.13.